The molecule has 1 saturated heterocycles. The van der Waals surface area contributed by atoms with Crippen molar-refractivity contribution in [2.45, 2.75) is 26.8 Å². The van der Waals surface area contributed by atoms with Gasteiger partial charge in [0.2, 0.25) is 5.91 Å². The van der Waals surface area contributed by atoms with Gasteiger partial charge in [0.15, 0.2) is 0 Å². The van der Waals surface area contributed by atoms with Crippen LogP contribution in [0.15, 0.2) is 21.9 Å². The van der Waals surface area contributed by atoms with Gasteiger partial charge in [-0.05, 0) is 18.3 Å². The zero-order chi connectivity index (χ0) is 14.9. The van der Waals surface area contributed by atoms with Gasteiger partial charge in [-0.15, -0.1) is 0 Å². The van der Waals surface area contributed by atoms with Crippen LogP contribution in [0.2, 0.25) is 0 Å². The van der Waals surface area contributed by atoms with Crippen molar-refractivity contribution in [1.82, 2.24) is 14.0 Å². The highest BCUT2D eigenvalue weighted by molar-refractivity contribution is 5.76. The minimum absolute atomic E-state index is 0.00755. The third kappa shape index (κ3) is 3.00. The maximum atomic E-state index is 12.3. The number of carbonyl (C=O) groups is 1. The highest BCUT2D eigenvalue weighted by Crippen LogP contribution is 2.20. The first-order valence-electron chi connectivity index (χ1n) is 6.92. The first-order chi connectivity index (χ1) is 9.38. The Morgan fingerprint density at radius 2 is 1.85 bits per heavy atom. The number of carbonyl (C=O) groups excluding carboxylic acids is 1. The van der Waals surface area contributed by atoms with E-state index in [0.29, 0.717) is 11.8 Å². The zero-order valence-corrected chi connectivity index (χ0v) is 12.2. The maximum absolute atomic E-state index is 12.3. The zero-order valence-electron chi connectivity index (χ0n) is 12.2. The monoisotopic (exact) mass is 279 g/mol. The third-order valence-electron chi connectivity index (χ3n) is 3.79. The van der Waals surface area contributed by atoms with Crippen molar-refractivity contribution in [3.63, 3.8) is 0 Å². The lowest BCUT2D eigenvalue weighted by molar-refractivity contribution is -0.134. The normalized spacial score (nSPS) is 22.9. The van der Waals surface area contributed by atoms with E-state index in [-0.39, 0.29) is 18.0 Å². The van der Waals surface area contributed by atoms with Crippen LogP contribution in [0.25, 0.3) is 0 Å². The predicted octanol–water partition coefficient (Wildman–Crippen LogP) is 0.0515. The van der Waals surface area contributed by atoms with Gasteiger partial charge in [0.1, 0.15) is 6.54 Å². The van der Waals surface area contributed by atoms with Gasteiger partial charge in [0, 0.05) is 32.4 Å². The summed E-state index contributed by atoms with van der Waals surface area (Å²) < 4.78 is 2.29. The van der Waals surface area contributed by atoms with E-state index in [2.05, 4.69) is 13.8 Å². The number of nitrogens with zero attached hydrogens (tertiary/aromatic N) is 3. The molecule has 1 aromatic heterocycles. The summed E-state index contributed by atoms with van der Waals surface area (Å²) in [6.07, 6.45) is 2.52. The minimum atomic E-state index is -0.455. The fourth-order valence-corrected chi connectivity index (χ4v) is 2.85. The van der Waals surface area contributed by atoms with Gasteiger partial charge in [-0.1, -0.05) is 13.8 Å². The van der Waals surface area contributed by atoms with Crippen LogP contribution in [0.5, 0.6) is 0 Å². The number of amides is 1. The van der Waals surface area contributed by atoms with Crippen LogP contribution in [-0.4, -0.2) is 33.0 Å². The first-order valence-corrected chi connectivity index (χ1v) is 6.92. The molecular formula is C14H21N3O3. The number of hydrogen-bond donors (Lipinski definition) is 0. The molecule has 6 nitrogen and oxygen atoms in total. The summed E-state index contributed by atoms with van der Waals surface area (Å²) in [5.74, 6) is 0.906. The molecule has 2 heterocycles. The molecule has 0 radical (unpaired) electrons. The Hall–Kier alpha value is -1.85. The molecule has 0 unspecified atom stereocenters. The van der Waals surface area contributed by atoms with E-state index in [1.807, 2.05) is 4.90 Å². The average Bonchev–Trinajstić information content (AvgIpc) is 2.38. The Kier molecular flexibility index (Phi) is 4.11. The SMILES string of the molecule is C[C@@H]1C[C@H](C)CN(C(=O)Cn2ccc(=O)n(C)c2=O)C1. The molecule has 20 heavy (non-hydrogen) atoms. The van der Waals surface area contributed by atoms with Gasteiger partial charge in [0.05, 0.1) is 0 Å². The van der Waals surface area contributed by atoms with Crippen molar-refractivity contribution >= 4 is 5.91 Å². The lowest BCUT2D eigenvalue weighted by atomic mass is 9.92. The number of aromatic nitrogens is 2. The highest BCUT2D eigenvalue weighted by atomic mass is 16.2. The van der Waals surface area contributed by atoms with Gasteiger partial charge >= 0.3 is 5.69 Å². The smallest absolute Gasteiger partial charge is 0.331 e. The van der Waals surface area contributed by atoms with Gasteiger partial charge in [-0.3, -0.25) is 18.7 Å². The molecule has 1 amide bonds. The number of rotatable bonds is 2. The predicted molar refractivity (Wildman–Crippen MR) is 75.5 cm³/mol. The van der Waals surface area contributed by atoms with E-state index in [9.17, 15) is 14.4 Å². The van der Waals surface area contributed by atoms with Crippen molar-refractivity contribution in [1.29, 1.82) is 0 Å². The average molecular weight is 279 g/mol. The summed E-state index contributed by atoms with van der Waals surface area (Å²) in [4.78, 5) is 37.3. The largest absolute Gasteiger partial charge is 0.341 e. The fourth-order valence-electron chi connectivity index (χ4n) is 2.85. The molecule has 1 aromatic rings. The topological polar surface area (TPSA) is 64.3 Å². The van der Waals surface area contributed by atoms with E-state index < -0.39 is 5.69 Å². The summed E-state index contributed by atoms with van der Waals surface area (Å²) in [6.45, 7) is 5.74. The number of piperidine rings is 1. The van der Waals surface area contributed by atoms with Gasteiger partial charge in [-0.25, -0.2) is 4.79 Å². The molecule has 1 aliphatic rings. The van der Waals surface area contributed by atoms with Crippen LogP contribution >= 0.6 is 0 Å². The molecule has 0 aromatic carbocycles. The van der Waals surface area contributed by atoms with E-state index in [1.165, 1.54) is 23.9 Å². The molecule has 0 bridgehead atoms. The Morgan fingerprint density at radius 1 is 1.25 bits per heavy atom. The van der Waals surface area contributed by atoms with E-state index >= 15 is 0 Å². The molecule has 0 N–H and O–H groups in total. The van der Waals surface area contributed by atoms with E-state index in [0.717, 1.165) is 24.1 Å². The molecule has 1 aliphatic heterocycles. The molecule has 0 saturated carbocycles. The second-order valence-corrected chi connectivity index (χ2v) is 5.87. The van der Waals surface area contributed by atoms with Crippen molar-refractivity contribution in [2.75, 3.05) is 13.1 Å². The van der Waals surface area contributed by atoms with Crippen molar-refractivity contribution in [2.24, 2.45) is 18.9 Å². The van der Waals surface area contributed by atoms with Crippen molar-refractivity contribution < 1.29 is 4.79 Å². The molecule has 0 spiro atoms. The highest BCUT2D eigenvalue weighted by Gasteiger charge is 2.25. The standard InChI is InChI=1S/C14H21N3O3/c1-10-6-11(2)8-17(7-10)13(19)9-16-5-4-12(18)15(3)14(16)20/h4-5,10-11H,6-9H2,1-3H3/t10-,11+. The van der Waals surface area contributed by atoms with Crippen LogP contribution in [0.4, 0.5) is 0 Å². The molecule has 2 rings (SSSR count). The van der Waals surface area contributed by atoms with Crippen LogP contribution in [0, 0.1) is 11.8 Å². The van der Waals surface area contributed by atoms with Crippen LogP contribution in [0.1, 0.15) is 20.3 Å². The molecule has 0 aliphatic carbocycles. The minimum Gasteiger partial charge on any atom is -0.341 e. The van der Waals surface area contributed by atoms with Gasteiger partial charge in [0.25, 0.3) is 5.56 Å². The summed E-state index contributed by atoms with van der Waals surface area (Å²) in [5.41, 5.74) is -0.817. The first kappa shape index (κ1) is 14.6. The molecule has 1 fully saturated rings. The fraction of sp³-hybridized carbons (Fsp3) is 0.643. The summed E-state index contributed by atoms with van der Waals surface area (Å²) in [6, 6.07) is 1.30. The van der Waals surface area contributed by atoms with Crippen molar-refractivity contribution in [3.8, 4) is 0 Å². The van der Waals surface area contributed by atoms with Gasteiger partial charge < -0.3 is 4.90 Å². The molecule has 2 atom stereocenters. The quantitative estimate of drug-likeness (QED) is 0.768. The second kappa shape index (κ2) is 5.64. The Balaban J connectivity index is 2.14. The van der Waals surface area contributed by atoms with E-state index in [1.54, 1.807) is 0 Å². The van der Waals surface area contributed by atoms with Gasteiger partial charge in [-0.2, -0.15) is 0 Å². The summed E-state index contributed by atoms with van der Waals surface area (Å²) in [7, 11) is 1.41. The Labute approximate surface area is 117 Å². The van der Waals surface area contributed by atoms with Crippen LogP contribution in [0.3, 0.4) is 0 Å². The van der Waals surface area contributed by atoms with Crippen LogP contribution in [-0.2, 0) is 18.4 Å². The number of hydrogen-bond acceptors (Lipinski definition) is 3. The lowest BCUT2D eigenvalue weighted by Crippen LogP contribution is -2.46. The summed E-state index contributed by atoms with van der Waals surface area (Å²) >= 11 is 0. The summed E-state index contributed by atoms with van der Waals surface area (Å²) in [5, 5.41) is 0. The lowest BCUT2D eigenvalue weighted by Gasteiger charge is -2.35. The maximum Gasteiger partial charge on any atom is 0.331 e. The Bertz CT molecular complexity index is 607. The van der Waals surface area contributed by atoms with E-state index in [4.69, 9.17) is 0 Å². The second-order valence-electron chi connectivity index (χ2n) is 5.87. The number of likely N-dealkylation sites (tertiary alicyclic amines) is 1. The van der Waals surface area contributed by atoms with Crippen LogP contribution < -0.4 is 11.2 Å². The molecule has 6 heteroatoms. The molecule has 110 valence electrons. The third-order valence-corrected chi connectivity index (χ3v) is 3.79. The Morgan fingerprint density at radius 3 is 2.45 bits per heavy atom. The molecular weight excluding hydrogens is 258 g/mol. The van der Waals surface area contributed by atoms with Crippen molar-refractivity contribution in [3.05, 3.63) is 33.1 Å².